The lowest BCUT2D eigenvalue weighted by atomic mass is 10.2. The van der Waals surface area contributed by atoms with Crippen molar-refractivity contribution < 1.29 is 13.3 Å². The SMILES string of the molecule is CS(=O)(=O)C1CSCCN1c1ccc([N+](=O)[O-])c(I)c1. The van der Waals surface area contributed by atoms with E-state index in [-0.39, 0.29) is 5.69 Å². The Morgan fingerprint density at radius 3 is 2.75 bits per heavy atom. The van der Waals surface area contributed by atoms with Crippen LogP contribution in [0.4, 0.5) is 11.4 Å². The fraction of sp³-hybridized carbons (Fsp3) is 0.455. The second-order valence-corrected chi connectivity index (χ2v) is 8.96. The van der Waals surface area contributed by atoms with Crippen molar-refractivity contribution in [3.63, 3.8) is 0 Å². The van der Waals surface area contributed by atoms with Crippen molar-refractivity contribution in [3.05, 3.63) is 31.9 Å². The standard InChI is InChI=1S/C11H13IN2O4S2/c1-20(17,18)11-7-19-5-4-13(11)8-2-3-10(14(15)16)9(12)6-8/h2-3,6,11H,4-5,7H2,1H3. The molecule has 0 bridgehead atoms. The van der Waals surface area contributed by atoms with Gasteiger partial charge in [-0.15, -0.1) is 0 Å². The molecule has 1 heterocycles. The fourth-order valence-corrected chi connectivity index (χ4v) is 5.59. The van der Waals surface area contributed by atoms with Gasteiger partial charge in [0.2, 0.25) is 0 Å². The van der Waals surface area contributed by atoms with Crippen molar-refractivity contribution in [3.8, 4) is 0 Å². The van der Waals surface area contributed by atoms with E-state index in [4.69, 9.17) is 0 Å². The lowest BCUT2D eigenvalue weighted by Gasteiger charge is -2.35. The summed E-state index contributed by atoms with van der Waals surface area (Å²) in [6.07, 6.45) is 1.23. The van der Waals surface area contributed by atoms with Crippen LogP contribution in [0.2, 0.25) is 0 Å². The van der Waals surface area contributed by atoms with Crippen molar-refractivity contribution in [1.82, 2.24) is 0 Å². The lowest BCUT2D eigenvalue weighted by Crippen LogP contribution is -2.47. The number of thioether (sulfide) groups is 1. The maximum absolute atomic E-state index is 11.9. The molecule has 1 aliphatic heterocycles. The highest BCUT2D eigenvalue weighted by atomic mass is 127. The Bertz CT molecular complexity index is 635. The molecule has 20 heavy (non-hydrogen) atoms. The van der Waals surface area contributed by atoms with Gasteiger partial charge in [-0.05, 0) is 34.7 Å². The highest BCUT2D eigenvalue weighted by Gasteiger charge is 2.31. The predicted octanol–water partition coefficient (Wildman–Crippen LogP) is 2.12. The maximum atomic E-state index is 11.9. The average molecular weight is 428 g/mol. The number of hydrogen-bond acceptors (Lipinski definition) is 6. The average Bonchev–Trinajstić information content (AvgIpc) is 2.37. The van der Waals surface area contributed by atoms with Gasteiger partial charge in [-0.1, -0.05) is 0 Å². The molecule has 9 heteroatoms. The molecule has 2 rings (SSSR count). The first kappa shape index (κ1) is 15.8. The minimum atomic E-state index is -3.19. The van der Waals surface area contributed by atoms with Crippen LogP contribution in [0, 0.1) is 13.7 Å². The first-order valence-electron chi connectivity index (χ1n) is 5.78. The lowest BCUT2D eigenvalue weighted by molar-refractivity contribution is -0.385. The minimum absolute atomic E-state index is 0.0386. The van der Waals surface area contributed by atoms with E-state index in [0.29, 0.717) is 15.9 Å². The van der Waals surface area contributed by atoms with Gasteiger partial charge in [0, 0.05) is 36.1 Å². The monoisotopic (exact) mass is 428 g/mol. The van der Waals surface area contributed by atoms with E-state index in [1.807, 2.05) is 27.5 Å². The Labute approximate surface area is 135 Å². The molecule has 0 amide bonds. The second-order valence-electron chi connectivity index (χ2n) is 4.45. The molecule has 0 saturated carbocycles. The summed E-state index contributed by atoms with van der Waals surface area (Å²) in [5.41, 5.74) is 0.757. The second kappa shape index (κ2) is 6.06. The van der Waals surface area contributed by atoms with Gasteiger partial charge < -0.3 is 4.90 Å². The molecule has 0 aromatic heterocycles. The van der Waals surface area contributed by atoms with Crippen LogP contribution in [0.15, 0.2) is 18.2 Å². The molecule has 0 spiro atoms. The number of nitrogens with zero attached hydrogens (tertiary/aromatic N) is 2. The number of anilines is 1. The third-order valence-electron chi connectivity index (χ3n) is 3.04. The Balaban J connectivity index is 2.38. The third-order valence-corrected chi connectivity index (χ3v) is 6.55. The summed E-state index contributed by atoms with van der Waals surface area (Å²) in [7, 11) is -3.19. The molecule has 1 aromatic carbocycles. The molecule has 1 aromatic rings. The number of benzene rings is 1. The molecule has 1 atom stereocenters. The summed E-state index contributed by atoms with van der Waals surface area (Å²) < 4.78 is 24.2. The molecule has 1 fully saturated rings. The maximum Gasteiger partial charge on any atom is 0.282 e. The van der Waals surface area contributed by atoms with E-state index in [1.165, 1.54) is 12.3 Å². The van der Waals surface area contributed by atoms with Gasteiger partial charge in [0.25, 0.3) is 5.69 Å². The number of rotatable bonds is 3. The molecule has 6 nitrogen and oxygen atoms in total. The summed E-state index contributed by atoms with van der Waals surface area (Å²) >= 11 is 3.51. The zero-order valence-corrected chi connectivity index (χ0v) is 14.4. The van der Waals surface area contributed by atoms with Gasteiger partial charge in [0.15, 0.2) is 9.84 Å². The van der Waals surface area contributed by atoms with E-state index >= 15 is 0 Å². The number of nitro groups is 1. The van der Waals surface area contributed by atoms with E-state index < -0.39 is 20.1 Å². The largest absolute Gasteiger partial charge is 0.353 e. The topological polar surface area (TPSA) is 80.5 Å². The summed E-state index contributed by atoms with van der Waals surface area (Å²) in [6.45, 7) is 0.621. The van der Waals surface area contributed by atoms with Crippen molar-refractivity contribution >= 4 is 55.6 Å². The Kier molecular flexibility index (Phi) is 4.80. The third kappa shape index (κ3) is 3.37. The van der Waals surface area contributed by atoms with Crippen molar-refractivity contribution in [2.24, 2.45) is 0 Å². The molecule has 0 radical (unpaired) electrons. The number of nitro benzene ring substituents is 1. The molecule has 110 valence electrons. The van der Waals surface area contributed by atoms with Crippen LogP contribution in [-0.2, 0) is 9.84 Å². The quantitative estimate of drug-likeness (QED) is 0.417. The van der Waals surface area contributed by atoms with E-state index in [9.17, 15) is 18.5 Å². The molecular formula is C11H13IN2O4S2. The van der Waals surface area contributed by atoms with E-state index in [0.717, 1.165) is 11.4 Å². The Morgan fingerprint density at radius 1 is 1.50 bits per heavy atom. The van der Waals surface area contributed by atoms with Gasteiger partial charge in [0.1, 0.15) is 5.37 Å². The summed E-state index contributed by atoms with van der Waals surface area (Å²) in [4.78, 5) is 12.2. The van der Waals surface area contributed by atoms with Crippen LogP contribution in [-0.4, -0.2) is 43.0 Å². The summed E-state index contributed by atoms with van der Waals surface area (Å²) in [6, 6.07) is 4.72. The van der Waals surface area contributed by atoms with E-state index in [2.05, 4.69) is 0 Å². The molecule has 1 unspecified atom stereocenters. The molecular weight excluding hydrogens is 415 g/mol. The molecule has 0 N–H and O–H groups in total. The van der Waals surface area contributed by atoms with E-state index in [1.54, 1.807) is 23.9 Å². The molecule has 0 aliphatic carbocycles. The highest BCUT2D eigenvalue weighted by molar-refractivity contribution is 14.1. The van der Waals surface area contributed by atoms with Crippen molar-refractivity contribution in [2.45, 2.75) is 5.37 Å². The van der Waals surface area contributed by atoms with Crippen LogP contribution in [0.5, 0.6) is 0 Å². The van der Waals surface area contributed by atoms with Gasteiger partial charge in [-0.25, -0.2) is 8.42 Å². The van der Waals surface area contributed by atoms with Gasteiger partial charge in [0.05, 0.1) is 8.49 Å². The molecule has 1 aliphatic rings. The Hall–Kier alpha value is -0.550. The number of sulfone groups is 1. The Morgan fingerprint density at radius 2 is 2.20 bits per heavy atom. The normalized spacial score (nSPS) is 19.9. The first-order valence-corrected chi connectivity index (χ1v) is 9.96. The van der Waals surface area contributed by atoms with Crippen LogP contribution < -0.4 is 4.90 Å². The summed E-state index contributed by atoms with van der Waals surface area (Å²) in [5.74, 6) is 1.37. The fourth-order valence-electron chi connectivity index (χ4n) is 2.05. The van der Waals surface area contributed by atoms with Crippen LogP contribution >= 0.6 is 34.4 Å². The van der Waals surface area contributed by atoms with Crippen LogP contribution in [0.25, 0.3) is 0 Å². The number of hydrogen-bond donors (Lipinski definition) is 0. The van der Waals surface area contributed by atoms with Crippen molar-refractivity contribution in [1.29, 1.82) is 0 Å². The zero-order valence-electron chi connectivity index (χ0n) is 10.7. The van der Waals surface area contributed by atoms with Gasteiger partial charge in [-0.2, -0.15) is 11.8 Å². The van der Waals surface area contributed by atoms with Gasteiger partial charge in [-0.3, -0.25) is 10.1 Å². The highest BCUT2D eigenvalue weighted by Crippen LogP contribution is 2.31. The smallest absolute Gasteiger partial charge is 0.282 e. The van der Waals surface area contributed by atoms with Crippen LogP contribution in [0.1, 0.15) is 0 Å². The predicted molar refractivity (Wildman–Crippen MR) is 89.1 cm³/mol. The van der Waals surface area contributed by atoms with Crippen molar-refractivity contribution in [2.75, 3.05) is 29.2 Å². The first-order chi connectivity index (χ1) is 9.30. The number of halogens is 1. The zero-order chi connectivity index (χ0) is 14.9. The molecule has 1 saturated heterocycles. The summed E-state index contributed by atoms with van der Waals surface area (Å²) in [5, 5.41) is 10.3. The van der Waals surface area contributed by atoms with Gasteiger partial charge >= 0.3 is 0 Å². The van der Waals surface area contributed by atoms with Crippen LogP contribution in [0.3, 0.4) is 0 Å². The minimum Gasteiger partial charge on any atom is -0.353 e.